The third-order valence-electron chi connectivity index (χ3n) is 6.12. The number of pyridine rings is 3. The predicted molar refractivity (Wildman–Crippen MR) is 120 cm³/mol. The summed E-state index contributed by atoms with van der Waals surface area (Å²) in [5.74, 6) is -2.04. The van der Waals surface area contributed by atoms with Crippen LogP contribution in [0.15, 0.2) is 65.9 Å². The molecule has 2 aliphatic rings. The Morgan fingerprint density at radius 2 is 1.77 bits per heavy atom. The molecule has 0 amide bonds. The number of hydrogen-bond donors (Lipinski definition) is 1. The molecule has 1 aromatic carbocycles. The Labute approximate surface area is 197 Å². The van der Waals surface area contributed by atoms with Crippen LogP contribution >= 0.6 is 0 Å². The van der Waals surface area contributed by atoms with Crippen LogP contribution in [0.5, 0.6) is 11.5 Å². The van der Waals surface area contributed by atoms with Crippen LogP contribution < -0.4 is 10.5 Å². The highest BCUT2D eigenvalue weighted by Gasteiger charge is 2.46. The zero-order valence-corrected chi connectivity index (χ0v) is 18.0. The van der Waals surface area contributed by atoms with E-state index in [2.05, 4.69) is 19.9 Å². The molecule has 0 fully saturated rings. The molecule has 0 bridgehead atoms. The Morgan fingerprint density at radius 3 is 2.57 bits per heavy atom. The maximum Gasteiger partial charge on any atom is 0.283 e. The Kier molecular flexibility index (Phi) is 4.70. The number of fused-ring (bicyclic) bond motifs is 4. The SMILES string of the molecule is NC1=N[C@@]2(CCO1)c1cc(-c3cccnc3F)ccc1Oc1c2cc(-c2ccnc(F)c2)nc1F. The van der Waals surface area contributed by atoms with Crippen molar-refractivity contribution >= 4 is 6.02 Å². The number of halogens is 3. The number of amidine groups is 1. The summed E-state index contributed by atoms with van der Waals surface area (Å²) in [6, 6.07) is 12.4. The van der Waals surface area contributed by atoms with Crippen molar-refractivity contribution in [1.29, 1.82) is 0 Å². The van der Waals surface area contributed by atoms with Gasteiger partial charge in [-0.05, 0) is 42.0 Å². The first-order chi connectivity index (χ1) is 16.9. The summed E-state index contributed by atoms with van der Waals surface area (Å²) in [7, 11) is 0. The second kappa shape index (κ2) is 7.79. The second-order valence-corrected chi connectivity index (χ2v) is 8.11. The van der Waals surface area contributed by atoms with Gasteiger partial charge in [0.15, 0.2) is 5.75 Å². The molecule has 4 aromatic rings. The summed E-state index contributed by atoms with van der Waals surface area (Å²) >= 11 is 0. The molecular weight excluding hydrogens is 459 g/mol. The number of benzene rings is 1. The predicted octanol–water partition coefficient (Wildman–Crippen LogP) is 4.71. The fraction of sp³-hybridized carbons (Fsp3) is 0.120. The molecule has 5 heterocycles. The zero-order chi connectivity index (χ0) is 24.2. The molecule has 7 nitrogen and oxygen atoms in total. The monoisotopic (exact) mass is 475 g/mol. The molecule has 0 saturated heterocycles. The molecular formula is C25H16F3N5O2. The summed E-state index contributed by atoms with van der Waals surface area (Å²) in [6.07, 6.45) is 2.93. The highest BCUT2D eigenvalue weighted by molar-refractivity contribution is 5.77. The van der Waals surface area contributed by atoms with Crippen molar-refractivity contribution in [2.24, 2.45) is 10.7 Å². The van der Waals surface area contributed by atoms with Gasteiger partial charge in [-0.25, -0.2) is 19.9 Å². The van der Waals surface area contributed by atoms with Crippen molar-refractivity contribution < 1.29 is 22.6 Å². The molecule has 174 valence electrons. The van der Waals surface area contributed by atoms with E-state index >= 15 is 4.39 Å². The topological polar surface area (TPSA) is 95.5 Å². The van der Waals surface area contributed by atoms with Crippen LogP contribution in [-0.4, -0.2) is 27.6 Å². The first-order valence-corrected chi connectivity index (χ1v) is 10.7. The van der Waals surface area contributed by atoms with E-state index in [1.54, 1.807) is 36.4 Å². The quantitative estimate of drug-likeness (QED) is 0.422. The maximum absolute atomic E-state index is 15.3. The van der Waals surface area contributed by atoms with Crippen LogP contribution in [0.1, 0.15) is 17.5 Å². The molecule has 2 N–H and O–H groups in total. The van der Waals surface area contributed by atoms with Crippen molar-refractivity contribution in [1.82, 2.24) is 15.0 Å². The molecule has 1 atom stereocenters. The molecule has 3 aromatic heterocycles. The minimum absolute atomic E-state index is 0.0817. The van der Waals surface area contributed by atoms with E-state index in [0.717, 1.165) is 6.07 Å². The standard InChI is InChI=1S/C25H16F3N5O2/c26-20-11-14(5-8-30-20)18-12-17-21(23(28)32-18)35-19-4-3-13(15-2-1-7-31-22(15)27)10-16(19)25(17)6-9-34-24(29)33-25/h1-5,7-8,10-12H,6,9H2,(H2,29,33)/t25-/m0/s1. The van der Waals surface area contributed by atoms with E-state index in [4.69, 9.17) is 15.2 Å². The number of aliphatic imine (C=N–C) groups is 1. The molecule has 0 saturated carbocycles. The Balaban J connectivity index is 1.61. The molecule has 6 rings (SSSR count). The number of nitrogens with zero attached hydrogens (tertiary/aromatic N) is 4. The van der Waals surface area contributed by atoms with Gasteiger partial charge >= 0.3 is 0 Å². The van der Waals surface area contributed by atoms with Crippen LogP contribution in [0, 0.1) is 17.8 Å². The minimum atomic E-state index is -1.20. The first kappa shape index (κ1) is 21.1. The van der Waals surface area contributed by atoms with Gasteiger partial charge in [-0.15, -0.1) is 0 Å². The van der Waals surface area contributed by atoms with E-state index in [1.807, 2.05) is 0 Å². The van der Waals surface area contributed by atoms with Gasteiger partial charge in [0.05, 0.1) is 12.3 Å². The fourth-order valence-electron chi connectivity index (χ4n) is 4.55. The average molecular weight is 475 g/mol. The van der Waals surface area contributed by atoms with Gasteiger partial charge < -0.3 is 15.2 Å². The van der Waals surface area contributed by atoms with Crippen molar-refractivity contribution in [2.45, 2.75) is 12.0 Å². The molecule has 1 spiro atoms. The van der Waals surface area contributed by atoms with Crippen LogP contribution in [0.2, 0.25) is 0 Å². The highest BCUT2D eigenvalue weighted by Crippen LogP contribution is 2.53. The van der Waals surface area contributed by atoms with Gasteiger partial charge in [-0.2, -0.15) is 13.2 Å². The van der Waals surface area contributed by atoms with Gasteiger partial charge in [0.1, 0.15) is 11.3 Å². The van der Waals surface area contributed by atoms with Crippen molar-refractivity contribution in [3.05, 3.63) is 89.9 Å². The third kappa shape index (κ3) is 3.37. The Hall–Kier alpha value is -4.47. The molecule has 0 radical (unpaired) electrons. The van der Waals surface area contributed by atoms with Crippen LogP contribution in [-0.2, 0) is 10.3 Å². The summed E-state index contributed by atoms with van der Waals surface area (Å²) in [5.41, 5.74) is 7.00. The Bertz CT molecular complexity index is 1530. The lowest BCUT2D eigenvalue weighted by atomic mass is 9.77. The van der Waals surface area contributed by atoms with E-state index < -0.39 is 23.4 Å². The number of nitrogens with two attached hydrogens (primary N) is 1. The lowest BCUT2D eigenvalue weighted by Crippen LogP contribution is -2.39. The number of rotatable bonds is 2. The minimum Gasteiger partial charge on any atom is -0.465 e. The molecule has 10 heteroatoms. The van der Waals surface area contributed by atoms with Crippen molar-refractivity contribution in [2.75, 3.05) is 6.61 Å². The second-order valence-electron chi connectivity index (χ2n) is 8.11. The molecule has 0 aliphatic carbocycles. The van der Waals surface area contributed by atoms with Gasteiger partial charge in [0, 0.05) is 47.1 Å². The first-order valence-electron chi connectivity index (χ1n) is 10.7. The average Bonchev–Trinajstić information content (AvgIpc) is 2.85. The smallest absolute Gasteiger partial charge is 0.283 e. The van der Waals surface area contributed by atoms with E-state index in [1.165, 1.54) is 18.5 Å². The van der Waals surface area contributed by atoms with E-state index in [0.29, 0.717) is 34.4 Å². The molecule has 0 unspecified atom stereocenters. The number of ether oxygens (including phenoxy) is 2. The lowest BCUT2D eigenvalue weighted by molar-refractivity contribution is 0.217. The summed E-state index contributed by atoms with van der Waals surface area (Å²) < 4.78 is 54.9. The largest absolute Gasteiger partial charge is 0.465 e. The number of aromatic nitrogens is 3. The van der Waals surface area contributed by atoms with E-state index in [-0.39, 0.29) is 29.6 Å². The normalized spacial score (nSPS) is 18.2. The maximum atomic E-state index is 15.3. The summed E-state index contributed by atoms with van der Waals surface area (Å²) in [4.78, 5) is 15.9. The summed E-state index contributed by atoms with van der Waals surface area (Å²) in [6.45, 7) is 0.197. The zero-order valence-electron chi connectivity index (χ0n) is 18.0. The van der Waals surface area contributed by atoms with Gasteiger partial charge in [0.2, 0.25) is 11.9 Å². The van der Waals surface area contributed by atoms with Crippen LogP contribution in [0.25, 0.3) is 22.4 Å². The Morgan fingerprint density at radius 1 is 0.886 bits per heavy atom. The van der Waals surface area contributed by atoms with Crippen LogP contribution in [0.3, 0.4) is 0 Å². The molecule has 2 aliphatic heterocycles. The van der Waals surface area contributed by atoms with Crippen molar-refractivity contribution in [3.63, 3.8) is 0 Å². The van der Waals surface area contributed by atoms with Crippen molar-refractivity contribution in [3.8, 4) is 33.9 Å². The van der Waals surface area contributed by atoms with E-state index in [9.17, 15) is 8.78 Å². The van der Waals surface area contributed by atoms with Gasteiger partial charge in [0.25, 0.3) is 12.0 Å². The van der Waals surface area contributed by atoms with Gasteiger partial charge in [-0.3, -0.25) is 0 Å². The lowest BCUT2D eigenvalue weighted by Gasteiger charge is -2.39. The highest BCUT2D eigenvalue weighted by atomic mass is 19.1. The van der Waals surface area contributed by atoms with Crippen LogP contribution in [0.4, 0.5) is 13.2 Å². The van der Waals surface area contributed by atoms with Gasteiger partial charge in [-0.1, -0.05) is 6.07 Å². The fourth-order valence-corrected chi connectivity index (χ4v) is 4.55. The third-order valence-corrected chi connectivity index (χ3v) is 6.12. The molecule has 35 heavy (non-hydrogen) atoms. The summed E-state index contributed by atoms with van der Waals surface area (Å²) in [5, 5.41) is 0. The number of hydrogen-bond acceptors (Lipinski definition) is 7.